The van der Waals surface area contributed by atoms with E-state index in [2.05, 4.69) is 10.6 Å². The number of hydrogen-bond acceptors (Lipinski definition) is 2. The molecule has 82 valence electrons. The van der Waals surface area contributed by atoms with Gasteiger partial charge < -0.3 is 10.6 Å². The summed E-state index contributed by atoms with van der Waals surface area (Å²) in [5, 5.41) is 6.37. The van der Waals surface area contributed by atoms with Gasteiger partial charge in [-0.1, -0.05) is 24.6 Å². The van der Waals surface area contributed by atoms with Crippen LogP contribution in [0.15, 0.2) is 18.2 Å². The molecule has 0 atom stereocenters. The Kier molecular flexibility index (Phi) is 4.59. The smallest absolute Gasteiger partial charge is 0.238 e. The average Bonchev–Trinajstić information content (AvgIpc) is 2.20. The van der Waals surface area contributed by atoms with Gasteiger partial charge in [0.15, 0.2) is 0 Å². The van der Waals surface area contributed by atoms with Gasteiger partial charge in [0.1, 0.15) is 0 Å². The molecule has 0 aliphatic heterocycles. The molecule has 3 nitrogen and oxygen atoms in total. The lowest BCUT2D eigenvalue weighted by Gasteiger charge is -2.06. The number of likely N-dealkylation sites (N-methyl/N-ethyl adjacent to an activating group) is 1. The molecule has 0 radical (unpaired) electrons. The molecule has 1 aromatic carbocycles. The Hall–Kier alpha value is -1.06. The number of nitrogens with one attached hydrogen (secondary N) is 2. The topological polar surface area (TPSA) is 41.1 Å². The van der Waals surface area contributed by atoms with E-state index in [1.165, 1.54) is 0 Å². The maximum absolute atomic E-state index is 11.4. The fraction of sp³-hybridized carbons (Fsp3) is 0.364. The highest BCUT2D eigenvalue weighted by Gasteiger charge is 2.02. The van der Waals surface area contributed by atoms with Gasteiger partial charge in [0.25, 0.3) is 0 Å². The van der Waals surface area contributed by atoms with E-state index in [1.54, 1.807) is 6.07 Å². The maximum Gasteiger partial charge on any atom is 0.238 e. The van der Waals surface area contributed by atoms with E-state index < -0.39 is 0 Å². The lowest BCUT2D eigenvalue weighted by molar-refractivity contribution is -0.115. The van der Waals surface area contributed by atoms with E-state index >= 15 is 0 Å². The molecule has 1 amide bonds. The minimum Gasteiger partial charge on any atom is -0.325 e. The van der Waals surface area contributed by atoms with E-state index in [4.69, 9.17) is 11.6 Å². The van der Waals surface area contributed by atoms with Gasteiger partial charge in [-0.3, -0.25) is 4.79 Å². The van der Waals surface area contributed by atoms with Gasteiger partial charge in [-0.05, 0) is 31.2 Å². The Morgan fingerprint density at radius 3 is 2.80 bits per heavy atom. The van der Waals surface area contributed by atoms with Crippen LogP contribution in [-0.2, 0) is 4.79 Å². The summed E-state index contributed by atoms with van der Waals surface area (Å²) in [4.78, 5) is 11.4. The van der Waals surface area contributed by atoms with Crippen molar-refractivity contribution in [2.24, 2.45) is 0 Å². The summed E-state index contributed by atoms with van der Waals surface area (Å²) >= 11 is 5.93. The summed E-state index contributed by atoms with van der Waals surface area (Å²) in [5.74, 6) is -0.0585. The summed E-state index contributed by atoms with van der Waals surface area (Å²) in [5.41, 5.74) is 1.73. The van der Waals surface area contributed by atoms with Crippen LogP contribution >= 0.6 is 11.6 Å². The van der Waals surface area contributed by atoms with Crippen LogP contribution in [0.4, 0.5) is 5.69 Å². The first-order valence-corrected chi connectivity index (χ1v) is 5.28. The molecule has 0 spiro atoms. The summed E-state index contributed by atoms with van der Waals surface area (Å²) in [6, 6.07) is 5.47. The van der Waals surface area contributed by atoms with Crippen molar-refractivity contribution in [2.45, 2.75) is 13.8 Å². The minimum atomic E-state index is -0.0585. The summed E-state index contributed by atoms with van der Waals surface area (Å²) in [6.45, 7) is 4.98. The molecule has 0 heterocycles. The second kappa shape index (κ2) is 5.73. The van der Waals surface area contributed by atoms with Crippen molar-refractivity contribution >= 4 is 23.2 Å². The average molecular weight is 227 g/mol. The van der Waals surface area contributed by atoms with E-state index in [-0.39, 0.29) is 5.91 Å². The van der Waals surface area contributed by atoms with Crippen LogP contribution in [0.2, 0.25) is 5.02 Å². The second-order valence-electron chi connectivity index (χ2n) is 3.29. The van der Waals surface area contributed by atoms with Crippen LogP contribution in [-0.4, -0.2) is 19.0 Å². The van der Waals surface area contributed by atoms with Crippen LogP contribution in [0.25, 0.3) is 0 Å². The molecule has 0 bridgehead atoms. The van der Waals surface area contributed by atoms with E-state index in [9.17, 15) is 4.79 Å². The third kappa shape index (κ3) is 3.90. The molecule has 0 saturated carbocycles. The van der Waals surface area contributed by atoms with Gasteiger partial charge in [-0.25, -0.2) is 0 Å². The predicted octanol–water partition coefficient (Wildman–Crippen LogP) is 2.20. The van der Waals surface area contributed by atoms with Crippen molar-refractivity contribution in [3.05, 3.63) is 28.8 Å². The zero-order valence-corrected chi connectivity index (χ0v) is 9.69. The highest BCUT2D eigenvalue weighted by Crippen LogP contribution is 2.19. The van der Waals surface area contributed by atoms with Crippen molar-refractivity contribution in [3.63, 3.8) is 0 Å². The molecule has 0 saturated heterocycles. The van der Waals surface area contributed by atoms with Crippen LogP contribution < -0.4 is 10.6 Å². The van der Waals surface area contributed by atoms with Gasteiger partial charge in [-0.2, -0.15) is 0 Å². The van der Waals surface area contributed by atoms with Gasteiger partial charge in [0.2, 0.25) is 5.91 Å². The number of aryl methyl sites for hydroxylation is 1. The highest BCUT2D eigenvalue weighted by atomic mass is 35.5. The summed E-state index contributed by atoms with van der Waals surface area (Å²) in [6.07, 6.45) is 0. The third-order valence-corrected chi connectivity index (χ3v) is 2.40. The normalized spacial score (nSPS) is 10.1. The van der Waals surface area contributed by atoms with E-state index in [0.29, 0.717) is 11.6 Å². The van der Waals surface area contributed by atoms with Crippen LogP contribution in [0.1, 0.15) is 12.5 Å². The summed E-state index contributed by atoms with van der Waals surface area (Å²) < 4.78 is 0. The number of amides is 1. The third-order valence-electron chi connectivity index (χ3n) is 1.99. The second-order valence-corrected chi connectivity index (χ2v) is 3.70. The molecule has 15 heavy (non-hydrogen) atoms. The number of benzene rings is 1. The van der Waals surface area contributed by atoms with Crippen molar-refractivity contribution < 1.29 is 4.79 Å². The van der Waals surface area contributed by atoms with Gasteiger partial charge >= 0.3 is 0 Å². The molecule has 2 N–H and O–H groups in total. The van der Waals surface area contributed by atoms with E-state index in [1.807, 2.05) is 26.0 Å². The number of rotatable bonds is 4. The number of carbonyl (C=O) groups excluding carboxylic acids is 1. The molecule has 0 aliphatic rings. The predicted molar refractivity (Wildman–Crippen MR) is 63.4 cm³/mol. The standard InChI is InChI=1S/C11H15ClN2O/c1-3-13-7-11(15)14-9-5-4-8(2)10(12)6-9/h4-6,13H,3,7H2,1-2H3,(H,14,15). The van der Waals surface area contributed by atoms with Gasteiger partial charge in [-0.15, -0.1) is 0 Å². The van der Waals surface area contributed by atoms with Crippen LogP contribution in [0, 0.1) is 6.92 Å². The molecular formula is C11H15ClN2O. The maximum atomic E-state index is 11.4. The first kappa shape index (κ1) is 12.0. The Balaban J connectivity index is 2.57. The number of hydrogen-bond donors (Lipinski definition) is 2. The Morgan fingerprint density at radius 2 is 2.20 bits per heavy atom. The first-order valence-electron chi connectivity index (χ1n) is 4.90. The Labute approximate surface area is 94.8 Å². The molecule has 1 rings (SSSR count). The quantitative estimate of drug-likeness (QED) is 0.827. The number of anilines is 1. The lowest BCUT2D eigenvalue weighted by atomic mass is 10.2. The fourth-order valence-corrected chi connectivity index (χ4v) is 1.29. The fourth-order valence-electron chi connectivity index (χ4n) is 1.11. The molecule has 0 fully saturated rings. The number of carbonyl (C=O) groups is 1. The molecule has 0 aliphatic carbocycles. The monoisotopic (exact) mass is 226 g/mol. The van der Waals surface area contributed by atoms with Gasteiger partial charge in [0, 0.05) is 10.7 Å². The molecular weight excluding hydrogens is 212 g/mol. The zero-order chi connectivity index (χ0) is 11.3. The van der Waals surface area contributed by atoms with Gasteiger partial charge in [0.05, 0.1) is 6.54 Å². The highest BCUT2D eigenvalue weighted by molar-refractivity contribution is 6.31. The van der Waals surface area contributed by atoms with E-state index in [0.717, 1.165) is 17.8 Å². The minimum absolute atomic E-state index is 0.0585. The van der Waals surface area contributed by atoms with Crippen molar-refractivity contribution in [3.8, 4) is 0 Å². The zero-order valence-electron chi connectivity index (χ0n) is 8.93. The number of halogens is 1. The Morgan fingerprint density at radius 1 is 1.47 bits per heavy atom. The largest absolute Gasteiger partial charge is 0.325 e. The van der Waals surface area contributed by atoms with Crippen LogP contribution in [0.3, 0.4) is 0 Å². The molecule has 0 aromatic heterocycles. The van der Waals surface area contributed by atoms with Crippen molar-refractivity contribution in [2.75, 3.05) is 18.4 Å². The van der Waals surface area contributed by atoms with Crippen LogP contribution in [0.5, 0.6) is 0 Å². The van der Waals surface area contributed by atoms with Crippen molar-refractivity contribution in [1.82, 2.24) is 5.32 Å². The summed E-state index contributed by atoms with van der Waals surface area (Å²) in [7, 11) is 0. The molecule has 1 aromatic rings. The van der Waals surface area contributed by atoms with Crippen molar-refractivity contribution in [1.29, 1.82) is 0 Å². The molecule has 4 heteroatoms. The SMILES string of the molecule is CCNCC(=O)Nc1ccc(C)c(Cl)c1. The lowest BCUT2D eigenvalue weighted by Crippen LogP contribution is -2.27. The molecule has 0 unspecified atom stereocenters. The Bertz CT molecular complexity index is 352. The first-order chi connectivity index (χ1) is 7.13.